The third-order valence-electron chi connectivity index (χ3n) is 4.98. The lowest BCUT2D eigenvalue weighted by molar-refractivity contribution is 0.0703. The van der Waals surface area contributed by atoms with E-state index in [4.69, 9.17) is 9.05 Å². The third-order valence-corrected chi connectivity index (χ3v) is 4.98. The standard InChI is InChI=1S/C19H21N5O3/c1-11-7-16(27-22-11)15-8-20-10-21-18(15)14-5-4-6-24(9-14)19(25)17-12(2)23-26-13(17)3/h7-8,10,14H,4-6,9H2,1-3H3/t14-/m0/s1. The number of carbonyl (C=O) groups is 1. The Morgan fingerprint density at radius 1 is 1.22 bits per heavy atom. The molecule has 1 saturated heterocycles. The van der Waals surface area contributed by atoms with Gasteiger partial charge in [0, 0.05) is 31.3 Å². The average molecular weight is 367 g/mol. The molecule has 0 aliphatic carbocycles. The molecule has 0 radical (unpaired) electrons. The Kier molecular flexibility index (Phi) is 4.47. The normalized spacial score (nSPS) is 17.3. The first-order valence-electron chi connectivity index (χ1n) is 9.00. The van der Waals surface area contributed by atoms with Crippen LogP contribution in [0.5, 0.6) is 0 Å². The molecule has 27 heavy (non-hydrogen) atoms. The van der Waals surface area contributed by atoms with Gasteiger partial charge in [-0.05, 0) is 33.6 Å². The van der Waals surface area contributed by atoms with Crippen molar-refractivity contribution in [1.82, 2.24) is 25.2 Å². The van der Waals surface area contributed by atoms with Gasteiger partial charge in [-0.3, -0.25) is 4.79 Å². The monoisotopic (exact) mass is 367 g/mol. The maximum absolute atomic E-state index is 13.0. The number of likely N-dealkylation sites (tertiary alicyclic amines) is 1. The molecule has 0 N–H and O–H groups in total. The molecule has 140 valence electrons. The van der Waals surface area contributed by atoms with Crippen LogP contribution in [0.3, 0.4) is 0 Å². The van der Waals surface area contributed by atoms with E-state index in [1.54, 1.807) is 20.0 Å². The van der Waals surface area contributed by atoms with Crippen molar-refractivity contribution in [1.29, 1.82) is 0 Å². The maximum Gasteiger partial charge on any atom is 0.259 e. The van der Waals surface area contributed by atoms with Crippen molar-refractivity contribution < 1.29 is 13.8 Å². The zero-order valence-electron chi connectivity index (χ0n) is 15.6. The van der Waals surface area contributed by atoms with Crippen molar-refractivity contribution >= 4 is 5.91 Å². The van der Waals surface area contributed by atoms with E-state index < -0.39 is 0 Å². The summed E-state index contributed by atoms with van der Waals surface area (Å²) in [4.78, 5) is 23.5. The van der Waals surface area contributed by atoms with Crippen LogP contribution in [0.4, 0.5) is 0 Å². The van der Waals surface area contributed by atoms with E-state index in [9.17, 15) is 4.79 Å². The summed E-state index contributed by atoms with van der Waals surface area (Å²) < 4.78 is 10.6. The highest BCUT2D eigenvalue weighted by molar-refractivity contribution is 5.96. The molecule has 0 spiro atoms. The van der Waals surface area contributed by atoms with Crippen LogP contribution in [0.25, 0.3) is 11.3 Å². The molecule has 1 aliphatic rings. The molecule has 3 aromatic rings. The summed E-state index contributed by atoms with van der Waals surface area (Å²) in [7, 11) is 0. The summed E-state index contributed by atoms with van der Waals surface area (Å²) in [6.07, 6.45) is 5.13. The Bertz CT molecular complexity index is 958. The highest BCUT2D eigenvalue weighted by Gasteiger charge is 2.31. The first-order chi connectivity index (χ1) is 13.0. The van der Waals surface area contributed by atoms with E-state index in [1.165, 1.54) is 6.33 Å². The van der Waals surface area contributed by atoms with Gasteiger partial charge in [-0.15, -0.1) is 0 Å². The highest BCUT2D eigenvalue weighted by Crippen LogP contribution is 2.33. The van der Waals surface area contributed by atoms with Gasteiger partial charge >= 0.3 is 0 Å². The molecular weight excluding hydrogens is 346 g/mol. The van der Waals surface area contributed by atoms with Crippen molar-refractivity contribution in [3.8, 4) is 11.3 Å². The minimum Gasteiger partial charge on any atom is -0.361 e. The summed E-state index contributed by atoms with van der Waals surface area (Å²) in [5.41, 5.74) is 3.70. The van der Waals surface area contributed by atoms with Gasteiger partial charge in [0.15, 0.2) is 5.76 Å². The number of hydrogen-bond acceptors (Lipinski definition) is 7. The van der Waals surface area contributed by atoms with Gasteiger partial charge in [-0.2, -0.15) is 0 Å². The van der Waals surface area contributed by atoms with Crippen LogP contribution in [0.2, 0.25) is 0 Å². The summed E-state index contributed by atoms with van der Waals surface area (Å²) in [5, 5.41) is 7.87. The fourth-order valence-corrected chi connectivity index (χ4v) is 3.68. The van der Waals surface area contributed by atoms with Gasteiger partial charge < -0.3 is 13.9 Å². The topological polar surface area (TPSA) is 98.2 Å². The summed E-state index contributed by atoms with van der Waals surface area (Å²) in [6.45, 7) is 6.73. The smallest absolute Gasteiger partial charge is 0.259 e. The molecule has 1 aliphatic heterocycles. The van der Waals surface area contributed by atoms with E-state index >= 15 is 0 Å². The first kappa shape index (κ1) is 17.4. The van der Waals surface area contributed by atoms with Crippen LogP contribution in [0, 0.1) is 20.8 Å². The SMILES string of the molecule is Cc1cc(-c2cncnc2[C@H]2CCCN(C(=O)c3c(C)noc3C)C2)on1. The number of aryl methyl sites for hydroxylation is 3. The Hall–Kier alpha value is -3.03. The number of piperidine rings is 1. The molecule has 1 amide bonds. The van der Waals surface area contributed by atoms with Gasteiger partial charge in [0.2, 0.25) is 0 Å². The lowest BCUT2D eigenvalue weighted by Gasteiger charge is -2.33. The molecule has 0 unspecified atom stereocenters. The Morgan fingerprint density at radius 2 is 2.07 bits per heavy atom. The van der Waals surface area contributed by atoms with Gasteiger partial charge in [-0.25, -0.2) is 9.97 Å². The largest absolute Gasteiger partial charge is 0.361 e. The molecule has 4 heterocycles. The third kappa shape index (κ3) is 3.22. The number of carbonyl (C=O) groups excluding carboxylic acids is 1. The lowest BCUT2D eigenvalue weighted by Crippen LogP contribution is -2.39. The molecule has 0 aromatic carbocycles. The number of nitrogens with zero attached hydrogens (tertiary/aromatic N) is 5. The van der Waals surface area contributed by atoms with Gasteiger partial charge in [0.25, 0.3) is 5.91 Å². The molecule has 0 saturated carbocycles. The Balaban J connectivity index is 1.62. The van der Waals surface area contributed by atoms with Crippen LogP contribution in [0.1, 0.15) is 52.0 Å². The van der Waals surface area contributed by atoms with Crippen molar-refractivity contribution in [2.75, 3.05) is 13.1 Å². The minimum absolute atomic E-state index is 0.0398. The van der Waals surface area contributed by atoms with Crippen LogP contribution in [-0.2, 0) is 0 Å². The first-order valence-corrected chi connectivity index (χ1v) is 9.00. The fraction of sp³-hybridized carbons (Fsp3) is 0.421. The van der Waals surface area contributed by atoms with E-state index in [0.29, 0.717) is 35.9 Å². The van der Waals surface area contributed by atoms with Crippen LogP contribution >= 0.6 is 0 Å². The lowest BCUT2D eigenvalue weighted by atomic mass is 9.91. The van der Waals surface area contributed by atoms with Crippen molar-refractivity contribution in [2.24, 2.45) is 0 Å². The molecule has 1 atom stereocenters. The second kappa shape index (κ2) is 6.94. The number of hydrogen-bond donors (Lipinski definition) is 0. The summed E-state index contributed by atoms with van der Waals surface area (Å²) in [5.74, 6) is 1.27. The average Bonchev–Trinajstić information content (AvgIpc) is 3.26. The zero-order chi connectivity index (χ0) is 19.0. The van der Waals surface area contributed by atoms with Crippen molar-refractivity contribution in [3.63, 3.8) is 0 Å². The van der Waals surface area contributed by atoms with E-state index in [0.717, 1.165) is 29.8 Å². The highest BCUT2D eigenvalue weighted by atomic mass is 16.5. The zero-order valence-corrected chi connectivity index (χ0v) is 15.6. The van der Waals surface area contributed by atoms with Crippen molar-refractivity contribution in [2.45, 2.75) is 39.5 Å². The van der Waals surface area contributed by atoms with E-state index in [2.05, 4.69) is 20.3 Å². The van der Waals surface area contributed by atoms with Gasteiger partial charge in [0.05, 0.1) is 22.6 Å². The van der Waals surface area contributed by atoms with E-state index in [-0.39, 0.29) is 11.8 Å². The Morgan fingerprint density at radius 3 is 2.78 bits per heavy atom. The second-order valence-electron chi connectivity index (χ2n) is 6.94. The fourth-order valence-electron chi connectivity index (χ4n) is 3.68. The summed E-state index contributed by atoms with van der Waals surface area (Å²) in [6, 6.07) is 1.87. The van der Waals surface area contributed by atoms with Gasteiger partial charge in [-0.1, -0.05) is 10.3 Å². The molecule has 0 bridgehead atoms. The Labute approximate surface area is 156 Å². The van der Waals surface area contributed by atoms with E-state index in [1.807, 2.05) is 17.9 Å². The molecular formula is C19H21N5O3. The molecule has 3 aromatic heterocycles. The minimum atomic E-state index is -0.0398. The summed E-state index contributed by atoms with van der Waals surface area (Å²) >= 11 is 0. The predicted octanol–water partition coefficient (Wildman–Crippen LogP) is 3.06. The quantitative estimate of drug-likeness (QED) is 0.701. The van der Waals surface area contributed by atoms with Crippen molar-refractivity contribution in [3.05, 3.63) is 47.0 Å². The molecule has 8 heteroatoms. The maximum atomic E-state index is 13.0. The van der Waals surface area contributed by atoms with Crippen LogP contribution in [0.15, 0.2) is 27.6 Å². The molecule has 8 nitrogen and oxygen atoms in total. The number of aromatic nitrogens is 4. The van der Waals surface area contributed by atoms with Crippen LogP contribution < -0.4 is 0 Å². The van der Waals surface area contributed by atoms with Gasteiger partial charge in [0.1, 0.15) is 17.7 Å². The van der Waals surface area contributed by atoms with Crippen LogP contribution in [-0.4, -0.2) is 44.2 Å². The molecule has 4 rings (SSSR count). The number of rotatable bonds is 3. The molecule has 1 fully saturated rings. The second-order valence-corrected chi connectivity index (χ2v) is 6.94. The number of amides is 1. The predicted molar refractivity (Wildman–Crippen MR) is 96.1 cm³/mol.